The molecule has 0 fully saturated rings. The first kappa shape index (κ1) is 14.9. The summed E-state index contributed by atoms with van der Waals surface area (Å²) in [6, 6.07) is 7.35. The lowest BCUT2D eigenvalue weighted by Crippen LogP contribution is -2.11. The zero-order valence-corrected chi connectivity index (χ0v) is 12.3. The highest BCUT2D eigenvalue weighted by Crippen LogP contribution is 2.21. The van der Waals surface area contributed by atoms with Gasteiger partial charge in [0.2, 0.25) is 9.84 Å². The molecule has 2 aromatic rings. The van der Waals surface area contributed by atoms with Gasteiger partial charge in [-0.2, -0.15) is 8.78 Å². The van der Waals surface area contributed by atoms with Gasteiger partial charge in [0.05, 0.1) is 4.90 Å². The number of rotatable bonds is 5. The van der Waals surface area contributed by atoms with E-state index in [0.29, 0.717) is 12.2 Å². The van der Waals surface area contributed by atoms with Crippen molar-refractivity contribution in [3.05, 3.63) is 46.2 Å². The first-order valence-corrected chi connectivity index (χ1v) is 8.23. The quantitative estimate of drug-likeness (QED) is 0.915. The third kappa shape index (κ3) is 3.16. The lowest BCUT2D eigenvalue weighted by Gasteiger charge is -2.07. The third-order valence-electron chi connectivity index (χ3n) is 2.84. The average Bonchev–Trinajstić information content (AvgIpc) is 2.82. The van der Waals surface area contributed by atoms with Crippen molar-refractivity contribution in [1.29, 1.82) is 0 Å². The molecule has 1 heterocycles. The second kappa shape index (κ2) is 5.88. The van der Waals surface area contributed by atoms with Crippen molar-refractivity contribution in [2.45, 2.75) is 24.1 Å². The molecule has 108 valence electrons. The second-order valence-corrected chi connectivity index (χ2v) is 7.13. The Balaban J connectivity index is 2.08. The van der Waals surface area contributed by atoms with Crippen LogP contribution in [0.4, 0.5) is 14.5 Å². The Morgan fingerprint density at radius 3 is 2.35 bits per heavy atom. The zero-order chi connectivity index (χ0) is 14.8. The summed E-state index contributed by atoms with van der Waals surface area (Å²) >= 11 is 1.62. The summed E-state index contributed by atoms with van der Waals surface area (Å²) in [6.45, 7) is 2.62. The van der Waals surface area contributed by atoms with Crippen molar-refractivity contribution in [2.24, 2.45) is 0 Å². The number of anilines is 1. The fourth-order valence-corrected chi connectivity index (χ4v) is 3.20. The maximum Gasteiger partial charge on any atom is 0.341 e. The molecule has 0 aliphatic carbocycles. The molecule has 20 heavy (non-hydrogen) atoms. The summed E-state index contributed by atoms with van der Waals surface area (Å²) in [5.41, 5.74) is 1.87. The van der Waals surface area contributed by atoms with E-state index in [1.807, 2.05) is 18.4 Å². The number of alkyl halides is 2. The molecule has 2 rings (SSSR count). The molecule has 0 unspecified atom stereocenters. The van der Waals surface area contributed by atoms with Crippen LogP contribution in [0.2, 0.25) is 0 Å². The Bertz CT molecular complexity index is 679. The molecule has 1 aromatic carbocycles. The molecule has 0 saturated carbocycles. The average molecular weight is 317 g/mol. The predicted molar refractivity (Wildman–Crippen MR) is 76.0 cm³/mol. The standard InChI is InChI=1S/C13H13F2NO2S2/c1-9-6-7-19-12(9)8-16-10-2-4-11(5-3-10)20(17,18)13(14)15/h2-7,13,16H,8H2,1H3. The molecule has 3 nitrogen and oxygen atoms in total. The minimum absolute atomic E-state index is 0.370. The lowest BCUT2D eigenvalue weighted by molar-refractivity contribution is 0.234. The van der Waals surface area contributed by atoms with Gasteiger partial charge in [-0.1, -0.05) is 0 Å². The van der Waals surface area contributed by atoms with Gasteiger partial charge < -0.3 is 5.32 Å². The van der Waals surface area contributed by atoms with E-state index in [2.05, 4.69) is 5.32 Å². The van der Waals surface area contributed by atoms with E-state index < -0.39 is 15.6 Å². The number of hydrogen-bond acceptors (Lipinski definition) is 4. The van der Waals surface area contributed by atoms with Crippen LogP contribution < -0.4 is 5.32 Å². The molecule has 0 amide bonds. The van der Waals surface area contributed by atoms with Gasteiger partial charge in [-0.15, -0.1) is 11.3 Å². The molecule has 0 aliphatic heterocycles. The number of sulfone groups is 1. The largest absolute Gasteiger partial charge is 0.380 e. The lowest BCUT2D eigenvalue weighted by atomic mass is 10.2. The van der Waals surface area contributed by atoms with E-state index in [9.17, 15) is 17.2 Å². The van der Waals surface area contributed by atoms with Crippen molar-refractivity contribution in [2.75, 3.05) is 5.32 Å². The van der Waals surface area contributed by atoms with Gasteiger partial charge in [0.1, 0.15) is 0 Å². The minimum Gasteiger partial charge on any atom is -0.380 e. The summed E-state index contributed by atoms with van der Waals surface area (Å²) in [6.07, 6.45) is 0. The van der Waals surface area contributed by atoms with Crippen LogP contribution in [0.15, 0.2) is 40.6 Å². The molecule has 1 aromatic heterocycles. The van der Waals surface area contributed by atoms with Crippen LogP contribution in [0, 0.1) is 6.92 Å². The number of aryl methyl sites for hydroxylation is 1. The van der Waals surface area contributed by atoms with Gasteiger partial charge in [0.15, 0.2) is 0 Å². The molecule has 0 radical (unpaired) electrons. The van der Waals surface area contributed by atoms with Crippen molar-refractivity contribution in [3.8, 4) is 0 Å². The Labute approximate surface area is 120 Å². The number of hydrogen-bond donors (Lipinski definition) is 1. The van der Waals surface area contributed by atoms with Crippen LogP contribution in [-0.4, -0.2) is 14.2 Å². The summed E-state index contributed by atoms with van der Waals surface area (Å²) in [5, 5.41) is 5.11. The highest BCUT2D eigenvalue weighted by Gasteiger charge is 2.26. The van der Waals surface area contributed by atoms with Gasteiger partial charge in [0, 0.05) is 17.1 Å². The van der Waals surface area contributed by atoms with Crippen LogP contribution in [-0.2, 0) is 16.4 Å². The summed E-state index contributed by atoms with van der Waals surface area (Å²) in [5.74, 6) is -3.39. The minimum atomic E-state index is -4.52. The summed E-state index contributed by atoms with van der Waals surface area (Å²) < 4.78 is 47.3. The van der Waals surface area contributed by atoms with E-state index >= 15 is 0 Å². The highest BCUT2D eigenvalue weighted by atomic mass is 32.2. The molecule has 0 bridgehead atoms. The van der Waals surface area contributed by atoms with Crippen LogP contribution in [0.25, 0.3) is 0 Å². The van der Waals surface area contributed by atoms with Crippen LogP contribution in [0.3, 0.4) is 0 Å². The Morgan fingerprint density at radius 1 is 1.20 bits per heavy atom. The van der Waals surface area contributed by atoms with Gasteiger partial charge in [-0.05, 0) is 48.2 Å². The number of nitrogens with one attached hydrogen (secondary N) is 1. The molecular weight excluding hydrogens is 304 g/mol. The van der Waals surface area contributed by atoms with Crippen LogP contribution in [0.5, 0.6) is 0 Å². The van der Waals surface area contributed by atoms with Crippen molar-refractivity contribution < 1.29 is 17.2 Å². The van der Waals surface area contributed by atoms with E-state index in [-0.39, 0.29) is 4.90 Å². The molecule has 0 atom stereocenters. The smallest absolute Gasteiger partial charge is 0.341 e. The van der Waals surface area contributed by atoms with Crippen LogP contribution >= 0.6 is 11.3 Å². The van der Waals surface area contributed by atoms with Crippen molar-refractivity contribution in [1.82, 2.24) is 0 Å². The molecule has 7 heteroatoms. The third-order valence-corrected chi connectivity index (χ3v) is 5.26. The fourth-order valence-electron chi connectivity index (χ4n) is 1.63. The zero-order valence-electron chi connectivity index (χ0n) is 10.6. The van der Waals surface area contributed by atoms with E-state index in [4.69, 9.17) is 0 Å². The number of benzene rings is 1. The summed E-state index contributed by atoms with van der Waals surface area (Å²) in [4.78, 5) is 0.805. The first-order chi connectivity index (χ1) is 9.41. The van der Waals surface area contributed by atoms with Gasteiger partial charge in [-0.25, -0.2) is 8.42 Å². The maximum atomic E-state index is 12.4. The van der Waals surface area contributed by atoms with Gasteiger partial charge in [0.25, 0.3) is 0 Å². The van der Waals surface area contributed by atoms with E-state index in [1.54, 1.807) is 11.3 Å². The highest BCUT2D eigenvalue weighted by molar-refractivity contribution is 7.91. The number of thiophene rings is 1. The number of halogens is 2. The maximum absolute atomic E-state index is 12.4. The van der Waals surface area contributed by atoms with Crippen molar-refractivity contribution >= 4 is 26.9 Å². The monoisotopic (exact) mass is 317 g/mol. The molecule has 0 saturated heterocycles. The molecule has 1 N–H and O–H groups in total. The summed E-state index contributed by atoms with van der Waals surface area (Å²) in [7, 11) is -4.52. The fraction of sp³-hybridized carbons (Fsp3) is 0.231. The predicted octanol–water partition coefficient (Wildman–Crippen LogP) is 3.66. The van der Waals surface area contributed by atoms with Crippen LogP contribution in [0.1, 0.15) is 10.4 Å². The molecule has 0 aliphatic rings. The van der Waals surface area contributed by atoms with E-state index in [1.165, 1.54) is 34.7 Å². The van der Waals surface area contributed by atoms with E-state index in [0.717, 1.165) is 0 Å². The topological polar surface area (TPSA) is 46.2 Å². The van der Waals surface area contributed by atoms with Crippen molar-refractivity contribution in [3.63, 3.8) is 0 Å². The molecule has 0 spiro atoms. The first-order valence-electron chi connectivity index (χ1n) is 5.80. The Hall–Kier alpha value is -1.47. The Morgan fingerprint density at radius 2 is 1.85 bits per heavy atom. The second-order valence-electron chi connectivity index (χ2n) is 4.21. The van der Waals surface area contributed by atoms with Gasteiger partial charge >= 0.3 is 5.76 Å². The Kier molecular flexibility index (Phi) is 4.39. The molecular formula is C13H13F2NO2S2. The SMILES string of the molecule is Cc1ccsc1CNc1ccc(S(=O)(=O)C(F)F)cc1. The van der Waals surface area contributed by atoms with Gasteiger partial charge in [-0.3, -0.25) is 0 Å². The normalized spacial score (nSPS) is 11.8.